The topological polar surface area (TPSA) is 68.5 Å². The molecule has 0 fully saturated rings. The van der Waals surface area contributed by atoms with E-state index in [1.165, 1.54) is 24.3 Å². The zero-order valence-corrected chi connectivity index (χ0v) is 17.3. The lowest BCUT2D eigenvalue weighted by Crippen LogP contribution is -2.23. The summed E-state index contributed by atoms with van der Waals surface area (Å²) in [5.41, 5.74) is 4.96. The van der Waals surface area contributed by atoms with Gasteiger partial charge in [-0.2, -0.15) is 5.10 Å². The van der Waals surface area contributed by atoms with Gasteiger partial charge in [0.1, 0.15) is 5.75 Å². The van der Waals surface area contributed by atoms with Crippen molar-refractivity contribution in [1.82, 2.24) is 19.9 Å². The van der Waals surface area contributed by atoms with Gasteiger partial charge in [-0.15, -0.1) is 13.2 Å². The second kappa shape index (κ2) is 8.33. The number of halogens is 3. The molecule has 1 aromatic carbocycles. The van der Waals surface area contributed by atoms with E-state index in [-0.39, 0.29) is 18.2 Å². The number of aromatic nitrogens is 3. The van der Waals surface area contributed by atoms with Gasteiger partial charge < -0.3 is 10.1 Å². The van der Waals surface area contributed by atoms with Crippen LogP contribution < -0.4 is 10.1 Å². The molecule has 0 atom stereocenters. The number of carbonyl (C=O) groups is 1. The number of amides is 1. The van der Waals surface area contributed by atoms with E-state index in [2.05, 4.69) is 20.1 Å². The first kappa shape index (κ1) is 21.4. The fraction of sp³-hybridized carbons (Fsp3) is 0.174. The highest BCUT2D eigenvalue weighted by Crippen LogP contribution is 2.26. The summed E-state index contributed by atoms with van der Waals surface area (Å²) in [5, 5.41) is 7.26. The average Bonchev–Trinajstić information content (AvgIpc) is 3.07. The van der Waals surface area contributed by atoms with Gasteiger partial charge in [-0.1, -0.05) is 6.07 Å². The number of carbonyl (C=O) groups excluding carboxylic acids is 1. The van der Waals surface area contributed by atoms with Crippen LogP contribution in [0, 0.1) is 13.8 Å². The number of aryl methyl sites for hydroxylation is 2. The zero-order chi connectivity index (χ0) is 22.9. The Labute approximate surface area is 181 Å². The number of pyridine rings is 2. The summed E-state index contributed by atoms with van der Waals surface area (Å²) in [6, 6.07) is 12.8. The average molecular weight is 440 g/mol. The number of hydrogen-bond acceptors (Lipinski definition) is 4. The van der Waals surface area contributed by atoms with Crippen LogP contribution in [-0.4, -0.2) is 26.9 Å². The highest BCUT2D eigenvalue weighted by molar-refractivity contribution is 6.02. The minimum Gasteiger partial charge on any atom is -0.406 e. The summed E-state index contributed by atoms with van der Waals surface area (Å²) in [5.74, 6) is -0.522. The highest BCUT2D eigenvalue weighted by Gasteiger charge is 2.31. The molecule has 3 heterocycles. The third kappa shape index (κ3) is 4.72. The molecule has 3 aromatic heterocycles. The van der Waals surface area contributed by atoms with Gasteiger partial charge in [0.25, 0.3) is 5.91 Å². The maximum absolute atomic E-state index is 12.8. The minimum absolute atomic E-state index is 0.229. The molecule has 1 amide bonds. The first-order chi connectivity index (χ1) is 15.2. The van der Waals surface area contributed by atoms with Crippen LogP contribution >= 0.6 is 0 Å². The standard InChI is InChI=1S/C23H19F3N4O2/c1-14-9-10-30-20(11-14)21(15(2)29-30)22(31)28-13-16-3-8-19(27-12-16)17-4-6-18(7-5-17)32-23(24,25)26/h3-12H,13H2,1-2H3,(H,28,31). The molecule has 32 heavy (non-hydrogen) atoms. The molecule has 0 spiro atoms. The molecule has 0 aliphatic rings. The van der Waals surface area contributed by atoms with Crippen LogP contribution in [0.5, 0.6) is 5.75 Å². The SMILES string of the molecule is Cc1ccn2nc(C)c(C(=O)NCc3ccc(-c4ccc(OC(F)(F)F)cc4)nc3)c2c1. The third-order valence-corrected chi connectivity index (χ3v) is 4.85. The molecule has 4 aromatic rings. The first-order valence-electron chi connectivity index (χ1n) is 9.74. The Bertz CT molecular complexity index is 1260. The van der Waals surface area contributed by atoms with Crippen molar-refractivity contribution in [3.63, 3.8) is 0 Å². The monoisotopic (exact) mass is 440 g/mol. The lowest BCUT2D eigenvalue weighted by atomic mass is 10.1. The summed E-state index contributed by atoms with van der Waals surface area (Å²) >= 11 is 0. The maximum Gasteiger partial charge on any atom is 0.573 e. The molecular weight excluding hydrogens is 421 g/mol. The number of nitrogens with zero attached hydrogens (tertiary/aromatic N) is 3. The van der Waals surface area contributed by atoms with Crippen LogP contribution in [0.2, 0.25) is 0 Å². The van der Waals surface area contributed by atoms with Crippen LogP contribution in [0.15, 0.2) is 60.9 Å². The van der Waals surface area contributed by atoms with E-state index in [4.69, 9.17) is 0 Å². The van der Waals surface area contributed by atoms with E-state index in [9.17, 15) is 18.0 Å². The van der Waals surface area contributed by atoms with E-state index in [0.29, 0.717) is 22.5 Å². The van der Waals surface area contributed by atoms with Crippen molar-refractivity contribution in [3.8, 4) is 17.0 Å². The fourth-order valence-corrected chi connectivity index (χ4v) is 3.35. The van der Waals surface area contributed by atoms with Crippen molar-refractivity contribution in [3.05, 3.63) is 83.3 Å². The predicted molar refractivity (Wildman–Crippen MR) is 112 cm³/mol. The van der Waals surface area contributed by atoms with Gasteiger partial charge in [0.05, 0.1) is 22.5 Å². The summed E-state index contributed by atoms with van der Waals surface area (Å²) in [6.07, 6.45) is -1.30. The molecule has 0 radical (unpaired) electrons. The van der Waals surface area contributed by atoms with Crippen LogP contribution in [0.4, 0.5) is 13.2 Å². The van der Waals surface area contributed by atoms with Gasteiger partial charge >= 0.3 is 6.36 Å². The van der Waals surface area contributed by atoms with Crippen LogP contribution in [0.25, 0.3) is 16.8 Å². The van der Waals surface area contributed by atoms with E-state index in [1.807, 2.05) is 25.3 Å². The molecule has 0 saturated carbocycles. The largest absolute Gasteiger partial charge is 0.573 e. The van der Waals surface area contributed by atoms with Gasteiger partial charge in [0.15, 0.2) is 0 Å². The molecular formula is C23H19F3N4O2. The first-order valence-corrected chi connectivity index (χ1v) is 9.74. The molecule has 0 saturated heterocycles. The second-order valence-electron chi connectivity index (χ2n) is 7.30. The van der Waals surface area contributed by atoms with Gasteiger partial charge in [-0.25, -0.2) is 4.52 Å². The van der Waals surface area contributed by atoms with Crippen molar-refractivity contribution in [1.29, 1.82) is 0 Å². The third-order valence-electron chi connectivity index (χ3n) is 4.85. The number of nitrogens with one attached hydrogen (secondary N) is 1. The van der Waals surface area contributed by atoms with E-state index < -0.39 is 6.36 Å². The van der Waals surface area contributed by atoms with E-state index in [0.717, 1.165) is 16.6 Å². The van der Waals surface area contributed by atoms with Crippen molar-refractivity contribution < 1.29 is 22.7 Å². The van der Waals surface area contributed by atoms with Crippen LogP contribution in [-0.2, 0) is 6.54 Å². The Balaban J connectivity index is 1.43. The normalized spacial score (nSPS) is 11.5. The van der Waals surface area contributed by atoms with Crippen LogP contribution in [0.1, 0.15) is 27.2 Å². The number of hydrogen-bond donors (Lipinski definition) is 1. The van der Waals surface area contributed by atoms with Gasteiger partial charge in [0.2, 0.25) is 0 Å². The molecule has 0 aliphatic carbocycles. The molecule has 6 nitrogen and oxygen atoms in total. The Kier molecular flexibility index (Phi) is 5.56. The molecule has 0 bridgehead atoms. The lowest BCUT2D eigenvalue weighted by molar-refractivity contribution is -0.274. The number of fused-ring (bicyclic) bond motifs is 1. The molecule has 9 heteroatoms. The summed E-state index contributed by atoms with van der Waals surface area (Å²) in [6.45, 7) is 4.01. The summed E-state index contributed by atoms with van der Waals surface area (Å²) in [4.78, 5) is 17.1. The van der Waals surface area contributed by atoms with Gasteiger partial charge in [-0.05, 0) is 67.4 Å². The smallest absolute Gasteiger partial charge is 0.406 e. The quantitative estimate of drug-likeness (QED) is 0.482. The van der Waals surface area contributed by atoms with Gasteiger partial charge in [-0.3, -0.25) is 9.78 Å². The Morgan fingerprint density at radius 3 is 2.50 bits per heavy atom. The van der Waals surface area contributed by atoms with Crippen LogP contribution in [0.3, 0.4) is 0 Å². The maximum atomic E-state index is 12.8. The lowest BCUT2D eigenvalue weighted by Gasteiger charge is -2.09. The van der Waals surface area contributed by atoms with Crippen molar-refractivity contribution in [2.75, 3.05) is 0 Å². The number of alkyl halides is 3. The number of ether oxygens (including phenoxy) is 1. The number of rotatable bonds is 5. The molecule has 0 aliphatic heterocycles. The highest BCUT2D eigenvalue weighted by atomic mass is 19.4. The van der Waals surface area contributed by atoms with Crippen molar-refractivity contribution >= 4 is 11.4 Å². The molecule has 0 unspecified atom stereocenters. The van der Waals surface area contributed by atoms with Crippen molar-refractivity contribution in [2.24, 2.45) is 0 Å². The fourth-order valence-electron chi connectivity index (χ4n) is 3.35. The van der Waals surface area contributed by atoms with E-state index in [1.54, 1.807) is 29.8 Å². The number of benzene rings is 1. The van der Waals surface area contributed by atoms with E-state index >= 15 is 0 Å². The molecule has 4 rings (SSSR count). The summed E-state index contributed by atoms with van der Waals surface area (Å²) < 4.78 is 42.4. The zero-order valence-electron chi connectivity index (χ0n) is 17.3. The van der Waals surface area contributed by atoms with Crippen molar-refractivity contribution in [2.45, 2.75) is 26.8 Å². The molecule has 164 valence electrons. The Hall–Kier alpha value is -3.88. The Morgan fingerprint density at radius 2 is 1.84 bits per heavy atom. The predicted octanol–water partition coefficient (Wildman–Crippen LogP) is 4.84. The second-order valence-corrected chi connectivity index (χ2v) is 7.30. The van der Waals surface area contributed by atoms with Gasteiger partial charge in [0, 0.05) is 24.5 Å². The summed E-state index contributed by atoms with van der Waals surface area (Å²) in [7, 11) is 0. The Morgan fingerprint density at radius 1 is 1.09 bits per heavy atom. The molecule has 1 N–H and O–H groups in total. The minimum atomic E-state index is -4.73.